The first-order valence-corrected chi connectivity index (χ1v) is 12.5. The minimum atomic E-state index is -2.49. The maximum absolute atomic E-state index is 11.4. The Kier molecular flexibility index (Phi) is 8.18. The van der Waals surface area contributed by atoms with E-state index in [0.717, 1.165) is 6.42 Å². The SMILES string of the molecule is CC(=O)/C=C/[C@@H](CCO[Si](c1ccccc1)(c1ccccc1)C(C)(C)C)C(C)C. The lowest BCUT2D eigenvalue weighted by atomic mass is 9.92. The fourth-order valence-corrected chi connectivity index (χ4v) is 8.60. The van der Waals surface area contributed by atoms with Crippen molar-refractivity contribution in [2.75, 3.05) is 6.61 Å². The first-order chi connectivity index (χ1) is 13.7. The van der Waals surface area contributed by atoms with E-state index in [0.29, 0.717) is 18.4 Å². The molecule has 29 heavy (non-hydrogen) atoms. The highest BCUT2D eigenvalue weighted by Crippen LogP contribution is 2.37. The average molecular weight is 409 g/mol. The van der Waals surface area contributed by atoms with Crippen LogP contribution in [0.1, 0.15) is 48.0 Å². The van der Waals surface area contributed by atoms with E-state index in [1.807, 2.05) is 0 Å². The Morgan fingerprint density at radius 3 is 1.83 bits per heavy atom. The van der Waals surface area contributed by atoms with Gasteiger partial charge in [-0.1, -0.05) is 101 Å². The van der Waals surface area contributed by atoms with Crippen molar-refractivity contribution >= 4 is 24.5 Å². The van der Waals surface area contributed by atoms with Gasteiger partial charge in [0.1, 0.15) is 0 Å². The van der Waals surface area contributed by atoms with Crippen molar-refractivity contribution in [1.29, 1.82) is 0 Å². The molecule has 3 heteroatoms. The lowest BCUT2D eigenvalue weighted by Gasteiger charge is -2.43. The largest absolute Gasteiger partial charge is 0.407 e. The zero-order valence-corrected chi connectivity index (χ0v) is 19.8. The molecule has 156 valence electrons. The third-order valence-electron chi connectivity index (χ3n) is 5.62. The van der Waals surface area contributed by atoms with Crippen LogP contribution in [0.4, 0.5) is 0 Å². The molecule has 2 aromatic carbocycles. The second kappa shape index (κ2) is 10.2. The number of hydrogen-bond acceptors (Lipinski definition) is 2. The molecular formula is C26H36O2Si. The van der Waals surface area contributed by atoms with Crippen LogP contribution in [-0.2, 0) is 9.22 Å². The molecule has 0 radical (unpaired) electrons. The van der Waals surface area contributed by atoms with Crippen molar-refractivity contribution in [3.05, 3.63) is 72.8 Å². The number of rotatable bonds is 9. The smallest absolute Gasteiger partial charge is 0.261 e. The first kappa shape index (κ1) is 23.3. The predicted molar refractivity (Wildman–Crippen MR) is 126 cm³/mol. The molecule has 0 aliphatic carbocycles. The van der Waals surface area contributed by atoms with Gasteiger partial charge in [-0.2, -0.15) is 0 Å². The van der Waals surface area contributed by atoms with Gasteiger partial charge in [0.2, 0.25) is 0 Å². The Bertz CT molecular complexity index is 749. The van der Waals surface area contributed by atoms with E-state index < -0.39 is 8.32 Å². The number of hydrogen-bond donors (Lipinski definition) is 0. The van der Waals surface area contributed by atoms with Crippen LogP contribution >= 0.6 is 0 Å². The molecular weight excluding hydrogens is 372 g/mol. The molecule has 0 unspecified atom stereocenters. The van der Waals surface area contributed by atoms with Crippen molar-refractivity contribution in [3.63, 3.8) is 0 Å². The summed E-state index contributed by atoms with van der Waals surface area (Å²) in [6.07, 6.45) is 4.67. The number of carbonyl (C=O) groups excluding carboxylic acids is 1. The molecule has 0 spiro atoms. The standard InChI is InChI=1S/C26H36O2Si/c1-21(2)23(18-17-22(3)27)19-20-28-29(26(4,5)6,24-13-9-7-10-14-24)25-15-11-8-12-16-25/h7-18,21,23H,19-20H2,1-6H3/b18-17+/t23-/m0/s1. The van der Waals surface area contributed by atoms with E-state index in [4.69, 9.17) is 4.43 Å². The average Bonchev–Trinajstić information content (AvgIpc) is 2.67. The molecule has 0 aliphatic rings. The Morgan fingerprint density at radius 1 is 0.966 bits per heavy atom. The highest BCUT2D eigenvalue weighted by molar-refractivity contribution is 6.99. The molecule has 0 heterocycles. The van der Waals surface area contributed by atoms with Crippen molar-refractivity contribution in [2.24, 2.45) is 11.8 Å². The summed E-state index contributed by atoms with van der Waals surface area (Å²) >= 11 is 0. The van der Waals surface area contributed by atoms with E-state index in [1.54, 1.807) is 13.0 Å². The van der Waals surface area contributed by atoms with Gasteiger partial charge < -0.3 is 4.43 Å². The van der Waals surface area contributed by atoms with Crippen molar-refractivity contribution < 1.29 is 9.22 Å². The predicted octanol–water partition coefficient (Wildman–Crippen LogP) is 5.37. The summed E-state index contributed by atoms with van der Waals surface area (Å²) in [4.78, 5) is 11.4. The first-order valence-electron chi connectivity index (χ1n) is 10.6. The van der Waals surface area contributed by atoms with Crippen molar-refractivity contribution in [1.82, 2.24) is 0 Å². The van der Waals surface area contributed by atoms with E-state index >= 15 is 0 Å². The van der Waals surface area contributed by atoms with E-state index in [1.165, 1.54) is 10.4 Å². The second-order valence-corrected chi connectivity index (χ2v) is 13.5. The molecule has 2 aromatic rings. The maximum atomic E-state index is 11.4. The van der Waals surface area contributed by atoms with Crippen LogP contribution in [0.3, 0.4) is 0 Å². The van der Waals surface area contributed by atoms with Gasteiger partial charge in [0, 0.05) is 6.61 Å². The normalized spacial score (nSPS) is 13.8. The number of benzene rings is 2. The summed E-state index contributed by atoms with van der Waals surface area (Å²) < 4.78 is 6.97. The summed E-state index contributed by atoms with van der Waals surface area (Å²) in [5.41, 5.74) is 0. The number of allylic oxidation sites excluding steroid dienone is 2. The van der Waals surface area contributed by atoms with Crippen LogP contribution in [0.2, 0.25) is 5.04 Å². The summed E-state index contributed by atoms with van der Waals surface area (Å²) in [6.45, 7) is 13.6. The van der Waals surface area contributed by atoms with Gasteiger partial charge in [0.25, 0.3) is 8.32 Å². The number of ketones is 1. The van der Waals surface area contributed by atoms with Crippen molar-refractivity contribution in [3.8, 4) is 0 Å². The summed E-state index contributed by atoms with van der Waals surface area (Å²) in [6, 6.07) is 21.5. The van der Waals surface area contributed by atoms with Gasteiger partial charge in [-0.3, -0.25) is 4.79 Å². The van der Waals surface area contributed by atoms with Gasteiger partial charge in [0.15, 0.2) is 5.78 Å². The van der Waals surface area contributed by atoms with Gasteiger partial charge in [-0.15, -0.1) is 0 Å². The third-order valence-corrected chi connectivity index (χ3v) is 10.7. The summed E-state index contributed by atoms with van der Waals surface area (Å²) in [5.74, 6) is 0.897. The zero-order chi connectivity index (χ0) is 21.5. The molecule has 0 fully saturated rings. The lowest BCUT2D eigenvalue weighted by molar-refractivity contribution is -0.112. The Hall–Kier alpha value is -1.97. The minimum absolute atomic E-state index is 0.0156. The molecule has 0 saturated heterocycles. The molecule has 1 atom stereocenters. The molecule has 0 aromatic heterocycles. The Balaban J connectivity index is 2.40. The third kappa shape index (κ3) is 5.77. The van der Waals surface area contributed by atoms with E-state index in [9.17, 15) is 4.79 Å². The molecule has 0 saturated carbocycles. The fourth-order valence-electron chi connectivity index (χ4n) is 4.02. The van der Waals surface area contributed by atoms with Gasteiger partial charge in [0.05, 0.1) is 0 Å². The Morgan fingerprint density at radius 2 is 1.45 bits per heavy atom. The van der Waals surface area contributed by atoms with Gasteiger partial charge in [-0.25, -0.2) is 0 Å². The minimum Gasteiger partial charge on any atom is -0.407 e. The lowest BCUT2D eigenvalue weighted by Crippen LogP contribution is -2.66. The molecule has 0 N–H and O–H groups in total. The molecule has 0 bridgehead atoms. The highest BCUT2D eigenvalue weighted by Gasteiger charge is 2.50. The zero-order valence-electron chi connectivity index (χ0n) is 18.8. The molecule has 2 nitrogen and oxygen atoms in total. The number of carbonyl (C=O) groups is 1. The van der Waals surface area contributed by atoms with E-state index in [-0.39, 0.29) is 10.8 Å². The second-order valence-electron chi connectivity index (χ2n) is 9.18. The van der Waals surface area contributed by atoms with Crippen molar-refractivity contribution in [2.45, 2.75) is 53.0 Å². The molecule has 2 rings (SSSR count). The molecule has 0 aliphatic heterocycles. The maximum Gasteiger partial charge on any atom is 0.261 e. The Labute approximate surface area is 178 Å². The van der Waals surface area contributed by atoms with Crippen LogP contribution in [0.25, 0.3) is 0 Å². The fraction of sp³-hybridized carbons (Fsp3) is 0.423. The summed E-state index contributed by atoms with van der Waals surface area (Å²) in [5, 5.41) is 2.59. The summed E-state index contributed by atoms with van der Waals surface area (Å²) in [7, 11) is -2.49. The monoisotopic (exact) mass is 408 g/mol. The van der Waals surface area contributed by atoms with Crippen LogP contribution in [0.5, 0.6) is 0 Å². The molecule has 0 amide bonds. The van der Waals surface area contributed by atoms with Crippen LogP contribution in [0.15, 0.2) is 72.8 Å². The van der Waals surface area contributed by atoms with Crippen LogP contribution in [0, 0.1) is 11.8 Å². The topological polar surface area (TPSA) is 26.3 Å². The highest BCUT2D eigenvalue weighted by atomic mass is 28.4. The van der Waals surface area contributed by atoms with Gasteiger partial charge in [-0.05, 0) is 46.7 Å². The van der Waals surface area contributed by atoms with E-state index in [2.05, 4.69) is 101 Å². The quantitative estimate of drug-likeness (QED) is 0.412. The van der Waals surface area contributed by atoms with Gasteiger partial charge >= 0.3 is 0 Å². The van der Waals surface area contributed by atoms with Crippen LogP contribution < -0.4 is 10.4 Å². The van der Waals surface area contributed by atoms with Crippen LogP contribution in [-0.4, -0.2) is 20.7 Å².